The van der Waals surface area contributed by atoms with E-state index < -0.39 is 51.8 Å². The van der Waals surface area contributed by atoms with Crippen LogP contribution in [-0.2, 0) is 32.7 Å². The Morgan fingerprint density at radius 3 is 1.73 bits per heavy atom. The van der Waals surface area contributed by atoms with Gasteiger partial charge in [0.05, 0.1) is 19.8 Å². The van der Waals surface area contributed by atoms with E-state index in [1.54, 1.807) is 0 Å². The highest BCUT2D eigenvalue weighted by Crippen LogP contribution is 2.43. The molecular weight excluding hydrogens is 635 g/mol. The predicted octanol–water partition coefficient (Wildman–Crippen LogP) is 8.38. The average Bonchev–Trinajstić information content (AvgIpc) is 3.07. The lowest BCUT2D eigenvalue weighted by atomic mass is 10.1. The van der Waals surface area contributed by atoms with Crippen molar-refractivity contribution in [1.29, 1.82) is 0 Å². The van der Waals surface area contributed by atoms with Gasteiger partial charge in [0.2, 0.25) is 0 Å². The zero-order chi connectivity index (χ0) is 35.6. The maximum absolute atomic E-state index is 12.5. The summed E-state index contributed by atoms with van der Waals surface area (Å²) in [6.45, 7) is 2.11. The summed E-state index contributed by atoms with van der Waals surface area (Å²) in [5.41, 5.74) is 0. The van der Waals surface area contributed by atoms with Crippen LogP contribution < -0.4 is 0 Å². The number of unbranched alkanes of at least 4 members (excludes halogenated alkanes) is 8. The third kappa shape index (κ3) is 32.2. The fraction of sp³-hybridized carbons (Fsp3) is 0.676. The standard InChI is InChI=1S/C37H63O10P/c1-3-5-7-9-11-12-13-14-15-16-17-18-19-20-21-22-23-25-27-29-37(41)47-35(33-46-48(42,43)45-31-34(39)30-38)32-44-36(40)28-26-24-10-8-6-4-2/h5,7,11-12,14-15,17-18,20-21,34-35,38-39H,3-4,6,8-10,13,16,19,22-33H2,1-2H3,(H,42,43)/b7-5-,12-11-,15-14-,18-17-,21-20-. The minimum absolute atomic E-state index is 0.143. The zero-order valence-corrected chi connectivity index (χ0v) is 30.3. The number of hydrogen-bond acceptors (Lipinski definition) is 9. The van der Waals surface area contributed by atoms with Crippen LogP contribution in [0.15, 0.2) is 60.8 Å². The van der Waals surface area contributed by atoms with Gasteiger partial charge in [0, 0.05) is 12.8 Å². The van der Waals surface area contributed by atoms with Crippen molar-refractivity contribution in [3.63, 3.8) is 0 Å². The van der Waals surface area contributed by atoms with Gasteiger partial charge in [0.15, 0.2) is 6.10 Å². The summed E-state index contributed by atoms with van der Waals surface area (Å²) >= 11 is 0. The highest BCUT2D eigenvalue weighted by molar-refractivity contribution is 7.47. The molecule has 10 nitrogen and oxygen atoms in total. The van der Waals surface area contributed by atoms with E-state index in [0.717, 1.165) is 77.0 Å². The Hall–Kier alpha value is -2.33. The molecule has 0 amide bonds. The molecule has 11 heteroatoms. The molecule has 276 valence electrons. The Morgan fingerprint density at radius 1 is 0.646 bits per heavy atom. The van der Waals surface area contributed by atoms with E-state index in [1.807, 2.05) is 0 Å². The summed E-state index contributed by atoms with van der Waals surface area (Å²) in [6, 6.07) is 0. The van der Waals surface area contributed by atoms with E-state index in [1.165, 1.54) is 6.42 Å². The first kappa shape index (κ1) is 45.7. The fourth-order valence-corrected chi connectivity index (χ4v) is 4.98. The molecule has 0 spiro atoms. The molecule has 0 aliphatic carbocycles. The molecule has 0 aromatic rings. The third-order valence-corrected chi connectivity index (χ3v) is 7.89. The van der Waals surface area contributed by atoms with E-state index in [4.69, 9.17) is 19.1 Å². The lowest BCUT2D eigenvalue weighted by Crippen LogP contribution is -2.29. The topological polar surface area (TPSA) is 149 Å². The summed E-state index contributed by atoms with van der Waals surface area (Å²) in [6.07, 6.45) is 33.7. The second kappa shape index (κ2) is 33.2. The summed E-state index contributed by atoms with van der Waals surface area (Å²) in [7, 11) is -4.61. The summed E-state index contributed by atoms with van der Waals surface area (Å²) in [5, 5.41) is 18.2. The van der Waals surface area contributed by atoms with Crippen molar-refractivity contribution in [3.05, 3.63) is 60.8 Å². The van der Waals surface area contributed by atoms with Crippen molar-refractivity contribution < 1.29 is 47.8 Å². The van der Waals surface area contributed by atoms with Crippen molar-refractivity contribution in [3.8, 4) is 0 Å². The molecule has 0 saturated carbocycles. The second-order valence-corrected chi connectivity index (χ2v) is 13.0. The lowest BCUT2D eigenvalue weighted by molar-refractivity contribution is -0.161. The number of carbonyl (C=O) groups is 2. The quantitative estimate of drug-likeness (QED) is 0.0271. The first-order chi connectivity index (χ1) is 23.2. The van der Waals surface area contributed by atoms with Crippen molar-refractivity contribution >= 4 is 19.8 Å². The SMILES string of the molecule is CC/C=C\C/C=C\C/C=C\C/C=C\C/C=C\CCCCCC(=O)OC(COC(=O)CCCCCCCC)COP(=O)(O)OCC(O)CO. The normalized spacial score (nSPS) is 14.9. The number of esters is 2. The van der Waals surface area contributed by atoms with Gasteiger partial charge in [-0.05, 0) is 57.8 Å². The molecule has 0 rings (SSSR count). The second-order valence-electron chi connectivity index (χ2n) is 11.5. The van der Waals surface area contributed by atoms with Gasteiger partial charge in [-0.2, -0.15) is 0 Å². The zero-order valence-electron chi connectivity index (χ0n) is 29.4. The number of phosphoric acid groups is 1. The molecule has 48 heavy (non-hydrogen) atoms. The van der Waals surface area contributed by atoms with Gasteiger partial charge in [-0.15, -0.1) is 0 Å². The maximum atomic E-state index is 12.5. The molecule has 3 atom stereocenters. The van der Waals surface area contributed by atoms with Crippen LogP contribution in [-0.4, -0.2) is 65.7 Å². The van der Waals surface area contributed by atoms with Gasteiger partial charge in [-0.1, -0.05) is 113 Å². The van der Waals surface area contributed by atoms with Crippen LogP contribution in [0, 0.1) is 0 Å². The molecule has 3 N–H and O–H groups in total. The largest absolute Gasteiger partial charge is 0.472 e. The number of aliphatic hydroxyl groups excluding tert-OH is 2. The summed E-state index contributed by atoms with van der Waals surface area (Å²) < 4.78 is 32.3. The number of allylic oxidation sites excluding steroid dienone is 10. The fourth-order valence-electron chi connectivity index (χ4n) is 4.19. The van der Waals surface area contributed by atoms with Crippen molar-refractivity contribution in [2.75, 3.05) is 26.4 Å². The van der Waals surface area contributed by atoms with Crippen molar-refractivity contribution in [2.45, 2.75) is 135 Å². The molecule has 0 aromatic heterocycles. The number of rotatable bonds is 32. The average molecular weight is 699 g/mol. The predicted molar refractivity (Wildman–Crippen MR) is 191 cm³/mol. The molecule has 3 unspecified atom stereocenters. The summed E-state index contributed by atoms with van der Waals surface area (Å²) in [5.74, 6) is -0.981. The van der Waals surface area contributed by atoms with Gasteiger partial charge < -0.3 is 24.6 Å². The first-order valence-electron chi connectivity index (χ1n) is 17.7. The smallest absolute Gasteiger partial charge is 0.462 e. The Balaban J connectivity index is 4.39. The van der Waals surface area contributed by atoms with Crippen LogP contribution in [0.1, 0.15) is 123 Å². The Kier molecular flexibility index (Phi) is 31.6. The molecule has 0 aromatic carbocycles. The third-order valence-electron chi connectivity index (χ3n) is 6.94. The molecule has 0 aliphatic rings. The molecule has 0 fully saturated rings. The minimum Gasteiger partial charge on any atom is -0.462 e. The Labute approximate surface area is 289 Å². The van der Waals surface area contributed by atoms with E-state index >= 15 is 0 Å². The molecule has 0 bridgehead atoms. The van der Waals surface area contributed by atoms with Crippen molar-refractivity contribution in [2.24, 2.45) is 0 Å². The van der Waals surface area contributed by atoms with Crippen molar-refractivity contribution in [1.82, 2.24) is 0 Å². The number of ether oxygens (including phenoxy) is 2. The number of hydrogen-bond donors (Lipinski definition) is 3. The molecule has 0 aliphatic heterocycles. The van der Waals surface area contributed by atoms with E-state index in [2.05, 4.69) is 79.1 Å². The number of carbonyl (C=O) groups excluding carboxylic acids is 2. The van der Waals surface area contributed by atoms with Crippen LogP contribution in [0.4, 0.5) is 0 Å². The van der Waals surface area contributed by atoms with Crippen LogP contribution in [0.2, 0.25) is 0 Å². The lowest BCUT2D eigenvalue weighted by Gasteiger charge is -2.20. The van der Waals surface area contributed by atoms with Gasteiger partial charge in [-0.25, -0.2) is 4.57 Å². The van der Waals surface area contributed by atoms with Crippen LogP contribution in [0.3, 0.4) is 0 Å². The van der Waals surface area contributed by atoms with Gasteiger partial charge in [0.1, 0.15) is 12.7 Å². The van der Waals surface area contributed by atoms with Crippen LogP contribution in [0.5, 0.6) is 0 Å². The van der Waals surface area contributed by atoms with Gasteiger partial charge in [0.25, 0.3) is 0 Å². The number of phosphoric ester groups is 1. The van der Waals surface area contributed by atoms with E-state index in [0.29, 0.717) is 12.8 Å². The van der Waals surface area contributed by atoms with Crippen LogP contribution >= 0.6 is 7.82 Å². The van der Waals surface area contributed by atoms with Gasteiger partial charge in [-0.3, -0.25) is 18.6 Å². The molecule has 0 saturated heterocycles. The molecule has 0 radical (unpaired) electrons. The highest BCUT2D eigenvalue weighted by Gasteiger charge is 2.27. The van der Waals surface area contributed by atoms with Gasteiger partial charge >= 0.3 is 19.8 Å². The maximum Gasteiger partial charge on any atom is 0.472 e. The Morgan fingerprint density at radius 2 is 1.15 bits per heavy atom. The Bertz CT molecular complexity index is 989. The highest BCUT2D eigenvalue weighted by atomic mass is 31.2. The van der Waals surface area contributed by atoms with E-state index in [-0.39, 0.29) is 19.4 Å². The molecule has 0 heterocycles. The van der Waals surface area contributed by atoms with E-state index in [9.17, 15) is 24.2 Å². The minimum atomic E-state index is -4.61. The summed E-state index contributed by atoms with van der Waals surface area (Å²) in [4.78, 5) is 34.5. The van der Waals surface area contributed by atoms with Crippen LogP contribution in [0.25, 0.3) is 0 Å². The first-order valence-corrected chi connectivity index (χ1v) is 19.2. The monoisotopic (exact) mass is 698 g/mol. The molecular formula is C37H63O10P. The number of aliphatic hydroxyl groups is 2.